The highest BCUT2D eigenvalue weighted by Crippen LogP contribution is 2.40. The summed E-state index contributed by atoms with van der Waals surface area (Å²) < 4.78 is 22.3. The average Bonchev–Trinajstić information content (AvgIpc) is 2.79. The van der Waals surface area contributed by atoms with Gasteiger partial charge in [-0.25, -0.2) is 9.69 Å². The fourth-order valence-corrected chi connectivity index (χ4v) is 3.92. The molecule has 1 saturated heterocycles. The second-order valence-corrected chi connectivity index (χ2v) is 8.06. The number of ether oxygens (including phenoxy) is 4. The summed E-state index contributed by atoms with van der Waals surface area (Å²) in [7, 11) is 2.76. The smallest absolute Gasteiger partial charge is 0.336 e. The highest BCUT2D eigenvalue weighted by Gasteiger charge is 2.38. The van der Waals surface area contributed by atoms with Crippen molar-refractivity contribution in [3.63, 3.8) is 0 Å². The van der Waals surface area contributed by atoms with Gasteiger partial charge in [-0.15, -0.1) is 0 Å². The van der Waals surface area contributed by atoms with Crippen LogP contribution in [0.3, 0.4) is 0 Å². The Morgan fingerprint density at radius 3 is 2.15 bits per heavy atom. The Morgan fingerprint density at radius 2 is 1.56 bits per heavy atom. The Hall–Kier alpha value is -3.24. The third kappa shape index (κ3) is 4.97. The zero-order valence-electron chi connectivity index (χ0n) is 18.9. The average molecular weight is 554 g/mol. The van der Waals surface area contributed by atoms with Crippen LogP contribution in [-0.2, 0) is 9.59 Å². The van der Waals surface area contributed by atoms with Crippen LogP contribution in [0.5, 0.6) is 23.0 Å². The maximum absolute atomic E-state index is 13.4. The Bertz CT molecular complexity index is 1180. The molecule has 1 fully saturated rings. The Morgan fingerprint density at radius 1 is 0.941 bits per heavy atom. The molecule has 1 N–H and O–H groups in total. The number of benzene rings is 2. The van der Waals surface area contributed by atoms with Crippen molar-refractivity contribution in [1.82, 2.24) is 5.32 Å². The van der Waals surface area contributed by atoms with Gasteiger partial charge in [-0.1, -0.05) is 27.5 Å². The molecule has 0 atom stereocenters. The van der Waals surface area contributed by atoms with Crippen LogP contribution >= 0.6 is 27.5 Å². The first kappa shape index (κ1) is 25.4. The van der Waals surface area contributed by atoms with Crippen LogP contribution in [0.1, 0.15) is 19.4 Å². The van der Waals surface area contributed by atoms with Gasteiger partial charge in [-0.05, 0) is 37.6 Å². The predicted molar refractivity (Wildman–Crippen MR) is 130 cm³/mol. The minimum Gasteiger partial charge on any atom is -0.495 e. The zero-order valence-corrected chi connectivity index (χ0v) is 21.2. The van der Waals surface area contributed by atoms with Gasteiger partial charge in [0.15, 0.2) is 11.5 Å². The van der Waals surface area contributed by atoms with Crippen LogP contribution in [-0.4, -0.2) is 45.3 Å². The van der Waals surface area contributed by atoms with Crippen molar-refractivity contribution in [2.45, 2.75) is 13.8 Å². The molecule has 180 valence electrons. The molecule has 0 unspecified atom stereocenters. The molecule has 2 aromatic rings. The molecule has 0 spiro atoms. The van der Waals surface area contributed by atoms with Crippen molar-refractivity contribution in [2.24, 2.45) is 0 Å². The van der Waals surface area contributed by atoms with Gasteiger partial charge in [-0.2, -0.15) is 0 Å². The van der Waals surface area contributed by atoms with Gasteiger partial charge < -0.3 is 18.9 Å². The molecule has 0 aliphatic carbocycles. The van der Waals surface area contributed by atoms with E-state index in [-0.39, 0.29) is 27.8 Å². The fraction of sp³-hybridized carbons (Fsp3) is 0.261. The number of nitrogens with one attached hydrogen (secondary N) is 1. The van der Waals surface area contributed by atoms with E-state index in [0.717, 1.165) is 4.90 Å². The second kappa shape index (κ2) is 10.8. The number of amides is 4. The van der Waals surface area contributed by atoms with Crippen LogP contribution in [0.2, 0.25) is 5.02 Å². The van der Waals surface area contributed by atoms with Crippen LogP contribution < -0.4 is 29.2 Å². The second-order valence-electron chi connectivity index (χ2n) is 6.80. The van der Waals surface area contributed by atoms with E-state index in [2.05, 4.69) is 21.2 Å². The minimum atomic E-state index is -0.935. The standard InChI is InChI=1S/C23H22BrClN2O7/c1-5-33-19-8-12(14(24)9-20(19)34-6-2)7-13-21(28)26-23(30)27(22(13)29)16-11-17(31-3)15(25)10-18(16)32-4/h7-11H,5-6H2,1-4H3,(H,26,28,30)/b13-7+. The van der Waals surface area contributed by atoms with Crippen molar-refractivity contribution in [3.8, 4) is 23.0 Å². The number of rotatable bonds is 8. The summed E-state index contributed by atoms with van der Waals surface area (Å²) in [5.74, 6) is -0.382. The summed E-state index contributed by atoms with van der Waals surface area (Å²) in [6.45, 7) is 4.48. The number of urea groups is 1. The minimum absolute atomic E-state index is 0.0606. The van der Waals surface area contributed by atoms with Crippen molar-refractivity contribution < 1.29 is 33.3 Å². The van der Waals surface area contributed by atoms with Gasteiger partial charge in [0.25, 0.3) is 11.8 Å². The third-order valence-electron chi connectivity index (χ3n) is 4.76. The maximum Gasteiger partial charge on any atom is 0.336 e. The topological polar surface area (TPSA) is 103 Å². The van der Waals surface area contributed by atoms with E-state index in [0.29, 0.717) is 34.7 Å². The van der Waals surface area contributed by atoms with Gasteiger partial charge in [0, 0.05) is 16.6 Å². The summed E-state index contributed by atoms with van der Waals surface area (Å²) in [5, 5.41) is 2.40. The number of hydrogen-bond acceptors (Lipinski definition) is 7. The van der Waals surface area contributed by atoms with Gasteiger partial charge >= 0.3 is 6.03 Å². The molecule has 0 bridgehead atoms. The summed E-state index contributed by atoms with van der Waals surface area (Å²) in [5.41, 5.74) is 0.258. The SMILES string of the molecule is CCOc1cc(Br)c(/C=C2\C(=O)NC(=O)N(c3cc(OC)c(Cl)cc3OC)C2=O)cc1OCC. The van der Waals surface area contributed by atoms with Crippen LogP contribution in [0.25, 0.3) is 6.08 Å². The monoisotopic (exact) mass is 552 g/mol. The number of carbonyl (C=O) groups excluding carboxylic acids is 3. The molecule has 34 heavy (non-hydrogen) atoms. The zero-order chi connectivity index (χ0) is 25.0. The van der Waals surface area contributed by atoms with Crippen molar-refractivity contribution in [1.29, 1.82) is 0 Å². The summed E-state index contributed by atoms with van der Waals surface area (Å²) in [6, 6.07) is 5.18. The molecular weight excluding hydrogens is 532 g/mol. The Labute approximate surface area is 209 Å². The predicted octanol–water partition coefficient (Wildman–Crippen LogP) is 4.58. The van der Waals surface area contributed by atoms with Crippen LogP contribution in [0.15, 0.2) is 34.3 Å². The lowest BCUT2D eigenvalue weighted by atomic mass is 10.1. The largest absolute Gasteiger partial charge is 0.495 e. The Kier molecular flexibility index (Phi) is 8.06. The molecule has 0 saturated carbocycles. The lowest BCUT2D eigenvalue weighted by Gasteiger charge is -2.28. The first-order chi connectivity index (χ1) is 16.2. The van der Waals surface area contributed by atoms with E-state index in [9.17, 15) is 14.4 Å². The van der Waals surface area contributed by atoms with E-state index in [1.54, 1.807) is 12.1 Å². The molecule has 0 aromatic heterocycles. The molecule has 1 aliphatic heterocycles. The van der Waals surface area contributed by atoms with Gasteiger partial charge in [-0.3, -0.25) is 14.9 Å². The van der Waals surface area contributed by atoms with Gasteiger partial charge in [0.1, 0.15) is 17.1 Å². The molecule has 1 heterocycles. The molecule has 4 amide bonds. The summed E-state index contributed by atoms with van der Waals surface area (Å²) in [4.78, 5) is 39.4. The molecule has 1 aliphatic rings. The summed E-state index contributed by atoms with van der Waals surface area (Å²) in [6.07, 6.45) is 1.36. The van der Waals surface area contributed by atoms with Crippen molar-refractivity contribution >= 4 is 57.1 Å². The third-order valence-corrected chi connectivity index (χ3v) is 5.74. The lowest BCUT2D eigenvalue weighted by molar-refractivity contribution is -0.122. The molecule has 3 rings (SSSR count). The first-order valence-electron chi connectivity index (χ1n) is 10.2. The molecular formula is C23H22BrClN2O7. The molecule has 0 radical (unpaired) electrons. The Balaban J connectivity index is 2.11. The number of hydrogen-bond donors (Lipinski definition) is 1. The van der Waals surface area contributed by atoms with E-state index in [4.69, 9.17) is 30.5 Å². The summed E-state index contributed by atoms with van der Waals surface area (Å²) >= 11 is 9.58. The molecule has 9 nitrogen and oxygen atoms in total. The van der Waals surface area contributed by atoms with Gasteiger partial charge in [0.05, 0.1) is 38.1 Å². The molecule has 2 aromatic carbocycles. The van der Waals surface area contributed by atoms with Crippen LogP contribution in [0.4, 0.5) is 10.5 Å². The quantitative estimate of drug-likeness (QED) is 0.377. The number of barbiturate groups is 1. The number of anilines is 1. The normalized spacial score (nSPS) is 14.8. The molecule has 11 heteroatoms. The number of imide groups is 2. The van der Waals surface area contributed by atoms with Crippen molar-refractivity contribution in [2.75, 3.05) is 32.3 Å². The highest BCUT2D eigenvalue weighted by molar-refractivity contribution is 9.10. The van der Waals surface area contributed by atoms with E-state index < -0.39 is 17.8 Å². The van der Waals surface area contributed by atoms with E-state index in [1.807, 2.05) is 13.8 Å². The fourth-order valence-electron chi connectivity index (χ4n) is 3.25. The maximum atomic E-state index is 13.4. The number of methoxy groups -OCH3 is 2. The van der Waals surface area contributed by atoms with Gasteiger partial charge in [0.2, 0.25) is 0 Å². The lowest BCUT2D eigenvalue weighted by Crippen LogP contribution is -2.54. The number of nitrogens with zero attached hydrogens (tertiary/aromatic N) is 1. The van der Waals surface area contributed by atoms with E-state index in [1.165, 1.54) is 32.4 Å². The first-order valence-corrected chi connectivity index (χ1v) is 11.3. The highest BCUT2D eigenvalue weighted by atomic mass is 79.9. The van der Waals surface area contributed by atoms with Crippen molar-refractivity contribution in [3.05, 3.63) is 44.9 Å². The number of carbonyl (C=O) groups is 3. The van der Waals surface area contributed by atoms with E-state index >= 15 is 0 Å². The van der Waals surface area contributed by atoms with Crippen LogP contribution in [0, 0.1) is 0 Å². The number of halogens is 2.